The van der Waals surface area contributed by atoms with Gasteiger partial charge in [0.25, 0.3) is 0 Å². The van der Waals surface area contributed by atoms with E-state index in [1.165, 1.54) is 17.3 Å². The molecule has 0 saturated carbocycles. The van der Waals surface area contributed by atoms with Gasteiger partial charge in [0, 0.05) is 0 Å². The summed E-state index contributed by atoms with van der Waals surface area (Å²) in [5.41, 5.74) is 5.61. The van der Waals surface area contributed by atoms with Gasteiger partial charge in [-0.1, -0.05) is 41.6 Å². The zero-order valence-electron chi connectivity index (χ0n) is 14.5. The van der Waals surface area contributed by atoms with Gasteiger partial charge in [-0.15, -0.1) is 10.2 Å². The van der Waals surface area contributed by atoms with Gasteiger partial charge in [-0.25, -0.2) is 4.68 Å². The van der Waals surface area contributed by atoms with E-state index >= 15 is 0 Å². The summed E-state index contributed by atoms with van der Waals surface area (Å²) < 4.78 is 7.13. The molecule has 2 atom stereocenters. The van der Waals surface area contributed by atoms with Crippen molar-refractivity contribution < 1.29 is 9.21 Å². The number of fused-ring (bicyclic) bond motifs is 1. The Morgan fingerprint density at radius 1 is 1.27 bits per heavy atom. The smallest absolute Gasteiger partial charge is 0.236 e. The van der Waals surface area contributed by atoms with E-state index in [2.05, 4.69) is 20.9 Å². The lowest BCUT2D eigenvalue weighted by Gasteiger charge is -2.32. The Balaban J connectivity index is 1.60. The van der Waals surface area contributed by atoms with Crippen LogP contribution in [0.1, 0.15) is 28.8 Å². The molecular formula is C18H19N5O2S. The average molecular weight is 369 g/mol. The minimum atomic E-state index is -0.372. The predicted octanol–water partition coefficient (Wildman–Crippen LogP) is 2.56. The maximum Gasteiger partial charge on any atom is 0.236 e. The Hall–Kier alpha value is -2.74. The minimum Gasteiger partial charge on any atom is -0.467 e. The molecule has 1 amide bonds. The highest BCUT2D eigenvalue weighted by atomic mass is 32.2. The summed E-state index contributed by atoms with van der Waals surface area (Å²) in [5.74, 6) is 1.41. The summed E-state index contributed by atoms with van der Waals surface area (Å²) in [6.07, 6.45) is 1.60. The van der Waals surface area contributed by atoms with Crippen LogP contribution in [0.4, 0.5) is 0 Å². The van der Waals surface area contributed by atoms with Crippen molar-refractivity contribution in [1.29, 1.82) is 0 Å². The Kier molecular flexibility index (Phi) is 4.42. The fourth-order valence-corrected chi connectivity index (χ4v) is 4.02. The van der Waals surface area contributed by atoms with Gasteiger partial charge in [-0.3, -0.25) is 4.79 Å². The van der Waals surface area contributed by atoms with Crippen molar-refractivity contribution in [1.82, 2.24) is 20.2 Å². The molecule has 0 radical (unpaired) electrons. The summed E-state index contributed by atoms with van der Waals surface area (Å²) in [6, 6.07) is 11.6. The molecular weight excluding hydrogens is 350 g/mol. The van der Waals surface area contributed by atoms with Crippen LogP contribution in [0, 0.1) is 13.8 Å². The molecule has 8 heteroatoms. The maximum atomic E-state index is 12.9. The van der Waals surface area contributed by atoms with Gasteiger partial charge in [0.15, 0.2) is 0 Å². The summed E-state index contributed by atoms with van der Waals surface area (Å²) in [7, 11) is 0. The average Bonchev–Trinajstić information content (AvgIpc) is 3.29. The van der Waals surface area contributed by atoms with Crippen LogP contribution in [-0.2, 0) is 11.3 Å². The molecule has 134 valence electrons. The first-order valence-corrected chi connectivity index (χ1v) is 9.21. The summed E-state index contributed by atoms with van der Waals surface area (Å²) >= 11 is 1.41. The van der Waals surface area contributed by atoms with Crippen LogP contribution in [0.25, 0.3) is 0 Å². The van der Waals surface area contributed by atoms with E-state index in [1.807, 2.05) is 48.9 Å². The van der Waals surface area contributed by atoms with Crippen LogP contribution in [0.15, 0.2) is 52.2 Å². The van der Waals surface area contributed by atoms with Crippen molar-refractivity contribution in [2.75, 3.05) is 5.43 Å². The van der Waals surface area contributed by atoms with Crippen molar-refractivity contribution >= 4 is 17.7 Å². The molecule has 2 N–H and O–H groups in total. The van der Waals surface area contributed by atoms with Gasteiger partial charge in [0.2, 0.25) is 11.1 Å². The third-order valence-electron chi connectivity index (χ3n) is 4.31. The van der Waals surface area contributed by atoms with Crippen LogP contribution in [-0.4, -0.2) is 26.0 Å². The lowest BCUT2D eigenvalue weighted by Crippen LogP contribution is -2.43. The first-order chi connectivity index (χ1) is 12.6. The second kappa shape index (κ2) is 6.87. The number of thioether (sulfide) groups is 1. The van der Waals surface area contributed by atoms with Crippen LogP contribution >= 0.6 is 11.8 Å². The summed E-state index contributed by atoms with van der Waals surface area (Å²) in [4.78, 5) is 12.9. The highest BCUT2D eigenvalue weighted by Crippen LogP contribution is 2.37. The van der Waals surface area contributed by atoms with Crippen LogP contribution in [0.3, 0.4) is 0 Å². The first kappa shape index (κ1) is 16.7. The largest absolute Gasteiger partial charge is 0.467 e. The van der Waals surface area contributed by atoms with E-state index < -0.39 is 0 Å². The molecule has 0 bridgehead atoms. The Bertz CT molecular complexity index is 904. The van der Waals surface area contributed by atoms with Crippen molar-refractivity contribution in [2.24, 2.45) is 0 Å². The second-order valence-electron chi connectivity index (χ2n) is 6.22. The Morgan fingerprint density at radius 3 is 2.81 bits per heavy atom. The number of rotatable bonds is 4. The number of hydrogen-bond acceptors (Lipinski definition) is 6. The molecule has 0 spiro atoms. The Labute approximate surface area is 155 Å². The number of benzene rings is 1. The van der Waals surface area contributed by atoms with Crippen LogP contribution in [0.2, 0.25) is 0 Å². The van der Waals surface area contributed by atoms with E-state index in [9.17, 15) is 4.79 Å². The van der Waals surface area contributed by atoms with Crippen molar-refractivity contribution in [2.45, 2.75) is 36.8 Å². The van der Waals surface area contributed by atoms with Gasteiger partial charge in [-0.2, -0.15) is 0 Å². The molecule has 0 saturated heterocycles. The third-order valence-corrected chi connectivity index (χ3v) is 5.53. The number of nitrogens with one attached hydrogen (secondary N) is 2. The van der Waals surface area contributed by atoms with Crippen molar-refractivity contribution in [3.8, 4) is 0 Å². The predicted molar refractivity (Wildman–Crippen MR) is 98.2 cm³/mol. The quantitative estimate of drug-likeness (QED) is 0.735. The fourth-order valence-electron chi connectivity index (χ4n) is 2.87. The fraction of sp³-hybridized carbons (Fsp3) is 0.278. The molecule has 3 aromatic rings. The maximum absolute atomic E-state index is 12.9. The molecule has 2 aromatic heterocycles. The van der Waals surface area contributed by atoms with Gasteiger partial charge >= 0.3 is 0 Å². The molecule has 3 heterocycles. The number of aryl methyl sites for hydroxylation is 2. The zero-order valence-corrected chi connectivity index (χ0v) is 15.3. The van der Waals surface area contributed by atoms with E-state index in [1.54, 1.807) is 12.3 Å². The SMILES string of the molecule is Cc1ccc([C@@H]2Nn3c(C)nnc3S[C@H]2C(=O)NCc2ccco2)cc1. The highest BCUT2D eigenvalue weighted by Gasteiger charge is 2.37. The monoisotopic (exact) mass is 369 g/mol. The molecule has 0 unspecified atom stereocenters. The molecule has 1 aromatic carbocycles. The molecule has 26 heavy (non-hydrogen) atoms. The first-order valence-electron chi connectivity index (χ1n) is 8.33. The summed E-state index contributed by atoms with van der Waals surface area (Å²) in [6.45, 7) is 4.28. The molecule has 1 aliphatic rings. The van der Waals surface area contributed by atoms with Gasteiger partial charge in [0.05, 0.1) is 18.8 Å². The standard InChI is InChI=1S/C18H19N5O2S/c1-11-5-7-13(8-6-11)15-16(17(24)19-10-14-4-3-9-25-14)26-18-21-20-12(2)23(18)22-15/h3-9,15-16,22H,10H2,1-2H3,(H,19,24)/t15-,16+/m0/s1. The van der Waals surface area contributed by atoms with Gasteiger partial charge < -0.3 is 15.2 Å². The third kappa shape index (κ3) is 3.20. The Morgan fingerprint density at radius 2 is 2.08 bits per heavy atom. The number of nitrogens with zero attached hydrogens (tertiary/aromatic N) is 3. The topological polar surface area (TPSA) is 85.0 Å². The minimum absolute atomic E-state index is 0.0728. The molecule has 7 nitrogen and oxygen atoms in total. The number of aromatic nitrogens is 3. The second-order valence-corrected chi connectivity index (χ2v) is 7.33. The lowest BCUT2D eigenvalue weighted by molar-refractivity contribution is -0.121. The molecule has 1 aliphatic heterocycles. The number of furan rings is 1. The van der Waals surface area contributed by atoms with Crippen LogP contribution < -0.4 is 10.7 Å². The molecule has 0 aliphatic carbocycles. The normalized spacial score (nSPS) is 18.8. The van der Waals surface area contributed by atoms with Crippen molar-refractivity contribution in [3.63, 3.8) is 0 Å². The number of hydrogen-bond donors (Lipinski definition) is 2. The van der Waals surface area contributed by atoms with E-state index in [0.29, 0.717) is 11.7 Å². The van der Waals surface area contributed by atoms with E-state index in [-0.39, 0.29) is 17.2 Å². The number of amides is 1. The number of carbonyl (C=O) groups excluding carboxylic acids is 1. The van der Waals surface area contributed by atoms with E-state index in [4.69, 9.17) is 4.42 Å². The number of carbonyl (C=O) groups is 1. The highest BCUT2D eigenvalue weighted by molar-refractivity contribution is 8.00. The zero-order chi connectivity index (χ0) is 18.1. The molecule has 0 fully saturated rings. The van der Waals surface area contributed by atoms with Crippen LogP contribution in [0.5, 0.6) is 0 Å². The molecule has 4 rings (SSSR count). The van der Waals surface area contributed by atoms with E-state index in [0.717, 1.165) is 17.1 Å². The van der Waals surface area contributed by atoms with Gasteiger partial charge in [-0.05, 0) is 31.5 Å². The van der Waals surface area contributed by atoms with Crippen molar-refractivity contribution in [3.05, 3.63) is 65.4 Å². The lowest BCUT2D eigenvalue weighted by atomic mass is 10.0. The van der Waals surface area contributed by atoms with Gasteiger partial charge in [0.1, 0.15) is 16.8 Å². The summed E-state index contributed by atoms with van der Waals surface area (Å²) in [5, 5.41) is 11.5.